The van der Waals surface area contributed by atoms with Crippen LogP contribution in [-0.2, 0) is 11.0 Å². The van der Waals surface area contributed by atoms with Crippen molar-refractivity contribution < 1.29 is 22.8 Å². The van der Waals surface area contributed by atoms with E-state index in [-0.39, 0.29) is 35.2 Å². The molecule has 4 N–H and O–H groups in total. The topological polar surface area (TPSA) is 127 Å². The van der Waals surface area contributed by atoms with Crippen molar-refractivity contribution in [1.29, 1.82) is 0 Å². The minimum atomic E-state index is -4.55. The predicted molar refractivity (Wildman–Crippen MR) is 151 cm³/mol. The van der Waals surface area contributed by atoms with Crippen molar-refractivity contribution >= 4 is 29.0 Å². The van der Waals surface area contributed by atoms with E-state index in [4.69, 9.17) is 10.7 Å². The number of fused-ring (bicyclic) bond motifs is 1. The second kappa shape index (κ2) is 11.1. The minimum Gasteiger partial charge on any atom is -0.382 e. The number of nitrogens with zero attached hydrogens (tertiary/aromatic N) is 4. The Labute approximate surface area is 239 Å². The van der Waals surface area contributed by atoms with Gasteiger partial charge in [0.2, 0.25) is 5.91 Å². The lowest BCUT2D eigenvalue weighted by Crippen LogP contribution is -2.43. The Balaban J connectivity index is 1.23. The molecule has 0 radical (unpaired) electrons. The molecule has 2 aliphatic rings. The monoisotopic (exact) mass is 577 g/mol. The Morgan fingerprint density at radius 1 is 0.976 bits per heavy atom. The molecule has 2 aliphatic carbocycles. The fraction of sp³-hybridized carbons (Fsp3) is 0.367. The summed E-state index contributed by atoms with van der Waals surface area (Å²) in [6.07, 6.45) is 6.57. The van der Waals surface area contributed by atoms with Gasteiger partial charge < -0.3 is 16.4 Å². The molecule has 0 saturated heterocycles. The third-order valence-corrected chi connectivity index (χ3v) is 8.22. The largest absolute Gasteiger partial charge is 0.416 e. The number of carbonyl (C=O) groups is 2. The number of hydrogen-bond acceptors (Lipinski definition) is 6. The molecule has 4 aromatic rings. The first-order chi connectivity index (χ1) is 20.2. The van der Waals surface area contributed by atoms with Gasteiger partial charge in [0.05, 0.1) is 5.56 Å². The molecule has 42 heavy (non-hydrogen) atoms. The summed E-state index contributed by atoms with van der Waals surface area (Å²) in [5.74, 6) is 0.768. The van der Waals surface area contributed by atoms with Crippen molar-refractivity contribution in [3.8, 4) is 11.3 Å². The number of pyridine rings is 1. The molecule has 0 spiro atoms. The second-order valence-corrected chi connectivity index (χ2v) is 11.0. The highest BCUT2D eigenvalue weighted by atomic mass is 19.4. The standard InChI is InChI=1S/C30H30F3N7O2/c31-30(32,33)21-11-12-35-23(16-21)38-29(42)19-9-7-17(8-10-19)24-25-26(34)36-13-14-40(25)27(39-24)20-5-2-6-22(15-20)37-28(41)18-3-1-4-18/h7-14,16,18,20,22H,1-6,15H2,(H2,34,36)(H,37,41)(H,35,38,42). The Kier molecular flexibility index (Phi) is 7.29. The third-order valence-electron chi connectivity index (χ3n) is 8.22. The maximum absolute atomic E-state index is 13.0. The van der Waals surface area contributed by atoms with Crippen LogP contribution < -0.4 is 16.4 Å². The number of nitrogen functional groups attached to an aromatic ring is 1. The van der Waals surface area contributed by atoms with Gasteiger partial charge in [0.15, 0.2) is 0 Å². The summed E-state index contributed by atoms with van der Waals surface area (Å²) in [5, 5.41) is 5.67. The number of rotatable bonds is 6. The molecule has 12 heteroatoms. The quantitative estimate of drug-likeness (QED) is 0.274. The van der Waals surface area contributed by atoms with Gasteiger partial charge in [0.1, 0.15) is 28.7 Å². The predicted octanol–water partition coefficient (Wildman–Crippen LogP) is 5.59. The van der Waals surface area contributed by atoms with Crippen molar-refractivity contribution in [2.24, 2.45) is 5.92 Å². The van der Waals surface area contributed by atoms with Crippen LogP contribution in [0.4, 0.5) is 24.8 Å². The first-order valence-electron chi connectivity index (χ1n) is 14.0. The molecular weight excluding hydrogens is 547 g/mol. The molecular formula is C30H30F3N7O2. The van der Waals surface area contributed by atoms with Gasteiger partial charge in [-0.25, -0.2) is 15.0 Å². The van der Waals surface area contributed by atoms with E-state index in [1.54, 1.807) is 30.5 Å². The molecule has 6 rings (SSSR count). The number of halogens is 3. The average molecular weight is 578 g/mol. The number of nitrogens with one attached hydrogen (secondary N) is 2. The second-order valence-electron chi connectivity index (χ2n) is 11.0. The maximum atomic E-state index is 13.0. The molecule has 218 valence electrons. The summed E-state index contributed by atoms with van der Waals surface area (Å²) >= 11 is 0. The number of benzene rings is 1. The molecule has 2 fully saturated rings. The molecule has 0 bridgehead atoms. The fourth-order valence-corrected chi connectivity index (χ4v) is 5.76. The lowest BCUT2D eigenvalue weighted by atomic mass is 9.82. The van der Waals surface area contributed by atoms with Gasteiger partial charge in [-0.05, 0) is 56.4 Å². The van der Waals surface area contributed by atoms with Gasteiger partial charge in [-0.1, -0.05) is 25.0 Å². The number of nitrogens with two attached hydrogens (primary N) is 1. The number of aromatic nitrogens is 4. The van der Waals surface area contributed by atoms with Gasteiger partial charge >= 0.3 is 6.18 Å². The smallest absolute Gasteiger partial charge is 0.382 e. The van der Waals surface area contributed by atoms with Crippen molar-refractivity contribution in [2.75, 3.05) is 11.1 Å². The fourth-order valence-electron chi connectivity index (χ4n) is 5.76. The highest BCUT2D eigenvalue weighted by Gasteiger charge is 2.33. The Morgan fingerprint density at radius 3 is 2.45 bits per heavy atom. The van der Waals surface area contributed by atoms with Crippen LogP contribution in [0.3, 0.4) is 0 Å². The SMILES string of the molecule is Nc1nccn2c(C3CCCC(NC(=O)C4CCC4)C3)nc(-c3ccc(C(=O)Nc4cc(C(F)(F)F)ccn4)cc3)c12. The van der Waals surface area contributed by atoms with E-state index in [1.165, 1.54) is 0 Å². The van der Waals surface area contributed by atoms with Gasteiger partial charge in [-0.15, -0.1) is 0 Å². The Bertz CT molecular complexity index is 1630. The Hall–Kier alpha value is -4.48. The molecule has 2 atom stereocenters. The van der Waals surface area contributed by atoms with E-state index in [0.717, 1.165) is 69.1 Å². The molecule has 1 aromatic carbocycles. The summed E-state index contributed by atoms with van der Waals surface area (Å²) in [5.41, 5.74) is 7.62. The normalized spacial score (nSPS) is 19.3. The molecule has 9 nitrogen and oxygen atoms in total. The highest BCUT2D eigenvalue weighted by Crippen LogP contribution is 2.37. The van der Waals surface area contributed by atoms with E-state index in [2.05, 4.69) is 20.6 Å². The minimum absolute atomic E-state index is 0.0935. The van der Waals surface area contributed by atoms with Crippen LogP contribution in [-0.4, -0.2) is 37.2 Å². The van der Waals surface area contributed by atoms with Crippen molar-refractivity contribution in [3.05, 3.63) is 71.9 Å². The van der Waals surface area contributed by atoms with Gasteiger partial charge in [0, 0.05) is 47.6 Å². The number of hydrogen-bond donors (Lipinski definition) is 3. The number of alkyl halides is 3. The van der Waals surface area contributed by atoms with Crippen LogP contribution >= 0.6 is 0 Å². The van der Waals surface area contributed by atoms with Crippen LogP contribution in [0, 0.1) is 5.92 Å². The molecule has 3 heterocycles. The molecule has 2 unspecified atom stereocenters. The number of carbonyl (C=O) groups excluding carboxylic acids is 2. The van der Waals surface area contributed by atoms with Crippen LogP contribution in [0.5, 0.6) is 0 Å². The van der Waals surface area contributed by atoms with Crippen LogP contribution in [0.1, 0.15) is 72.6 Å². The lowest BCUT2D eigenvalue weighted by Gasteiger charge is -2.32. The zero-order chi connectivity index (χ0) is 29.4. The highest BCUT2D eigenvalue weighted by molar-refractivity contribution is 6.04. The molecule has 0 aliphatic heterocycles. The van der Waals surface area contributed by atoms with E-state index in [9.17, 15) is 22.8 Å². The van der Waals surface area contributed by atoms with Gasteiger partial charge in [-0.2, -0.15) is 13.2 Å². The van der Waals surface area contributed by atoms with Crippen LogP contribution in [0.2, 0.25) is 0 Å². The van der Waals surface area contributed by atoms with Crippen molar-refractivity contribution in [2.45, 2.75) is 63.1 Å². The van der Waals surface area contributed by atoms with Gasteiger partial charge in [-0.3, -0.25) is 14.0 Å². The van der Waals surface area contributed by atoms with Gasteiger partial charge in [0.25, 0.3) is 5.91 Å². The summed E-state index contributed by atoms with van der Waals surface area (Å²) in [4.78, 5) is 38.4. The van der Waals surface area contributed by atoms with E-state index in [0.29, 0.717) is 22.6 Å². The van der Waals surface area contributed by atoms with Crippen molar-refractivity contribution in [1.82, 2.24) is 24.7 Å². The number of anilines is 2. The molecule has 2 saturated carbocycles. The summed E-state index contributed by atoms with van der Waals surface area (Å²) in [6, 6.07) is 8.30. The Morgan fingerprint density at radius 2 is 1.74 bits per heavy atom. The zero-order valence-corrected chi connectivity index (χ0v) is 22.7. The summed E-state index contributed by atoms with van der Waals surface area (Å²) in [6.45, 7) is 0. The summed E-state index contributed by atoms with van der Waals surface area (Å²) in [7, 11) is 0. The first kappa shape index (κ1) is 27.7. The molecule has 2 amide bonds. The molecule has 3 aromatic heterocycles. The van der Waals surface area contributed by atoms with E-state index in [1.807, 2.05) is 10.6 Å². The number of amides is 2. The van der Waals surface area contributed by atoms with Crippen LogP contribution in [0.25, 0.3) is 16.8 Å². The zero-order valence-electron chi connectivity index (χ0n) is 22.7. The van der Waals surface area contributed by atoms with E-state index >= 15 is 0 Å². The van der Waals surface area contributed by atoms with E-state index < -0.39 is 17.6 Å². The van der Waals surface area contributed by atoms with Crippen LogP contribution in [0.15, 0.2) is 55.0 Å². The maximum Gasteiger partial charge on any atom is 0.416 e. The third kappa shape index (κ3) is 5.53. The first-order valence-corrected chi connectivity index (χ1v) is 14.0. The average Bonchev–Trinajstić information content (AvgIpc) is 3.33. The summed E-state index contributed by atoms with van der Waals surface area (Å²) < 4.78 is 41.0. The van der Waals surface area contributed by atoms with Crippen molar-refractivity contribution in [3.63, 3.8) is 0 Å². The lowest BCUT2D eigenvalue weighted by molar-refractivity contribution is -0.137. The number of imidazole rings is 1.